The Hall–Kier alpha value is 0.479. The minimum Gasteiger partial charge on any atom is -0.330 e. The molecule has 1 nitrogen and oxygen atoms in total. The molecule has 0 saturated carbocycles. The molecule has 0 saturated heterocycles. The molecule has 0 unspecified atom stereocenters. The maximum absolute atomic E-state index is 5.27. The van der Waals surface area contributed by atoms with Crippen molar-refractivity contribution in [2.45, 2.75) is 32.6 Å². The van der Waals surface area contributed by atoms with Crippen LogP contribution in [0.2, 0.25) is 0 Å². The van der Waals surface area contributed by atoms with Crippen molar-refractivity contribution in [3.8, 4) is 0 Å². The van der Waals surface area contributed by atoms with Crippen LogP contribution >= 0.6 is 0 Å². The Bertz CT molecular complexity index is 27.7. The first-order valence-corrected chi connectivity index (χ1v) is 3.12. The fraction of sp³-hybridized carbons (Fsp3) is 1.00. The van der Waals surface area contributed by atoms with Gasteiger partial charge in [0, 0.05) is 17.1 Å². The summed E-state index contributed by atoms with van der Waals surface area (Å²) < 4.78 is 0. The smallest absolute Gasteiger partial charge is 0 e. The third-order valence-electron chi connectivity index (χ3n) is 1.06. The summed E-state index contributed by atoms with van der Waals surface area (Å²) in [5.41, 5.74) is 5.27. The van der Waals surface area contributed by atoms with Crippen LogP contribution in [-0.2, 0) is 17.1 Å². The summed E-state index contributed by atoms with van der Waals surface area (Å²) in [7, 11) is 0. The molecule has 0 amide bonds. The average molecular weight is 157 g/mol. The van der Waals surface area contributed by atoms with Crippen LogP contribution in [0.15, 0.2) is 0 Å². The molecular weight excluding hydrogens is 142 g/mol. The van der Waals surface area contributed by atoms with Crippen LogP contribution in [0.4, 0.5) is 0 Å². The van der Waals surface area contributed by atoms with Crippen molar-refractivity contribution in [3.63, 3.8) is 0 Å². The molecule has 0 bridgehead atoms. The standard InChI is InChI=1S/C6H15N.Fe/c1-2-3-4-5-6-7;/h2-7H2,1H3;. The van der Waals surface area contributed by atoms with Crippen molar-refractivity contribution in [3.05, 3.63) is 0 Å². The Morgan fingerprint density at radius 1 is 1.12 bits per heavy atom. The van der Waals surface area contributed by atoms with E-state index >= 15 is 0 Å². The minimum absolute atomic E-state index is 0. The van der Waals surface area contributed by atoms with Gasteiger partial charge in [-0.15, -0.1) is 0 Å². The first kappa shape index (κ1) is 11.3. The number of nitrogens with two attached hydrogens (primary N) is 1. The second-order valence-electron chi connectivity index (χ2n) is 1.85. The Morgan fingerprint density at radius 2 is 1.75 bits per heavy atom. The molecular formula is C6H15FeN. The molecule has 0 aromatic heterocycles. The van der Waals surface area contributed by atoms with Crippen molar-refractivity contribution in [1.82, 2.24) is 0 Å². The average Bonchev–Trinajstić information content (AvgIpc) is 1.69. The van der Waals surface area contributed by atoms with E-state index in [0.29, 0.717) is 0 Å². The molecule has 52 valence electrons. The summed E-state index contributed by atoms with van der Waals surface area (Å²) in [4.78, 5) is 0. The SMILES string of the molecule is CCCCCCN.[Fe]. The van der Waals surface area contributed by atoms with Gasteiger partial charge in [-0.3, -0.25) is 0 Å². The molecule has 0 atom stereocenters. The molecule has 0 heterocycles. The maximum Gasteiger partial charge on any atom is 0 e. The van der Waals surface area contributed by atoms with Gasteiger partial charge in [0.05, 0.1) is 0 Å². The van der Waals surface area contributed by atoms with Crippen LogP contribution in [0, 0.1) is 0 Å². The van der Waals surface area contributed by atoms with E-state index in [4.69, 9.17) is 5.73 Å². The molecule has 0 aromatic rings. The summed E-state index contributed by atoms with van der Waals surface area (Å²) in [6.07, 6.45) is 5.16. The van der Waals surface area contributed by atoms with Crippen molar-refractivity contribution < 1.29 is 17.1 Å². The predicted molar refractivity (Wildman–Crippen MR) is 33.2 cm³/mol. The van der Waals surface area contributed by atoms with E-state index in [2.05, 4.69) is 6.92 Å². The van der Waals surface area contributed by atoms with E-state index in [-0.39, 0.29) is 17.1 Å². The van der Waals surface area contributed by atoms with E-state index in [1.165, 1.54) is 25.7 Å². The minimum atomic E-state index is 0. The zero-order valence-corrected chi connectivity index (χ0v) is 6.57. The number of rotatable bonds is 4. The fourth-order valence-electron chi connectivity index (χ4n) is 0.571. The first-order valence-electron chi connectivity index (χ1n) is 3.12. The fourth-order valence-corrected chi connectivity index (χ4v) is 0.571. The molecule has 0 aliphatic carbocycles. The van der Waals surface area contributed by atoms with Crippen molar-refractivity contribution in [2.24, 2.45) is 5.73 Å². The summed E-state index contributed by atoms with van der Waals surface area (Å²) >= 11 is 0. The van der Waals surface area contributed by atoms with Crippen LogP contribution in [-0.4, -0.2) is 6.54 Å². The third-order valence-corrected chi connectivity index (χ3v) is 1.06. The molecule has 0 aromatic carbocycles. The van der Waals surface area contributed by atoms with E-state index in [1.807, 2.05) is 0 Å². The topological polar surface area (TPSA) is 26.0 Å². The zero-order chi connectivity index (χ0) is 5.54. The molecule has 2 N–H and O–H groups in total. The van der Waals surface area contributed by atoms with Gasteiger partial charge in [-0.2, -0.15) is 0 Å². The van der Waals surface area contributed by atoms with Gasteiger partial charge in [-0.25, -0.2) is 0 Å². The van der Waals surface area contributed by atoms with Gasteiger partial charge < -0.3 is 5.73 Å². The number of hydrogen-bond acceptors (Lipinski definition) is 1. The number of unbranched alkanes of at least 4 members (excludes halogenated alkanes) is 3. The van der Waals surface area contributed by atoms with Crippen LogP contribution in [0.1, 0.15) is 32.6 Å². The monoisotopic (exact) mass is 157 g/mol. The summed E-state index contributed by atoms with van der Waals surface area (Å²) in [5, 5.41) is 0. The quantitative estimate of drug-likeness (QED) is 0.485. The molecule has 0 aliphatic heterocycles. The summed E-state index contributed by atoms with van der Waals surface area (Å²) in [6, 6.07) is 0. The molecule has 0 spiro atoms. The molecule has 8 heavy (non-hydrogen) atoms. The summed E-state index contributed by atoms with van der Waals surface area (Å²) in [6.45, 7) is 3.07. The van der Waals surface area contributed by atoms with Crippen molar-refractivity contribution >= 4 is 0 Å². The molecule has 2 heteroatoms. The van der Waals surface area contributed by atoms with Crippen LogP contribution < -0.4 is 5.73 Å². The second kappa shape index (κ2) is 10.5. The molecule has 0 fully saturated rings. The van der Waals surface area contributed by atoms with E-state index in [1.54, 1.807) is 0 Å². The maximum atomic E-state index is 5.27. The zero-order valence-electron chi connectivity index (χ0n) is 5.47. The van der Waals surface area contributed by atoms with E-state index in [9.17, 15) is 0 Å². The molecule has 0 rings (SSSR count). The Balaban J connectivity index is 0. The van der Waals surface area contributed by atoms with Crippen LogP contribution in [0.25, 0.3) is 0 Å². The second-order valence-corrected chi connectivity index (χ2v) is 1.85. The molecule has 0 aliphatic rings. The van der Waals surface area contributed by atoms with Crippen LogP contribution in [0.3, 0.4) is 0 Å². The van der Waals surface area contributed by atoms with E-state index in [0.717, 1.165) is 6.54 Å². The first-order chi connectivity index (χ1) is 3.41. The predicted octanol–water partition coefficient (Wildman–Crippen LogP) is 1.52. The van der Waals surface area contributed by atoms with Gasteiger partial charge in [-0.1, -0.05) is 26.2 Å². The Morgan fingerprint density at radius 3 is 2.12 bits per heavy atom. The Kier molecular flexibility index (Phi) is 14.8. The van der Waals surface area contributed by atoms with Crippen LogP contribution in [0.5, 0.6) is 0 Å². The van der Waals surface area contributed by atoms with Crippen molar-refractivity contribution in [1.29, 1.82) is 0 Å². The number of hydrogen-bond donors (Lipinski definition) is 1. The van der Waals surface area contributed by atoms with Gasteiger partial charge in [0.2, 0.25) is 0 Å². The van der Waals surface area contributed by atoms with Gasteiger partial charge in [0.1, 0.15) is 0 Å². The summed E-state index contributed by atoms with van der Waals surface area (Å²) in [5.74, 6) is 0. The van der Waals surface area contributed by atoms with Crippen molar-refractivity contribution in [2.75, 3.05) is 6.54 Å². The van der Waals surface area contributed by atoms with Gasteiger partial charge in [0.25, 0.3) is 0 Å². The Labute approximate surface area is 62.5 Å². The van der Waals surface area contributed by atoms with Gasteiger partial charge in [0.15, 0.2) is 0 Å². The third kappa shape index (κ3) is 9.70. The molecule has 0 radical (unpaired) electrons. The van der Waals surface area contributed by atoms with E-state index < -0.39 is 0 Å². The largest absolute Gasteiger partial charge is 0.330 e. The van der Waals surface area contributed by atoms with Gasteiger partial charge in [-0.05, 0) is 13.0 Å². The van der Waals surface area contributed by atoms with Gasteiger partial charge >= 0.3 is 0 Å². The normalized spacial score (nSPS) is 8.25.